The van der Waals surface area contributed by atoms with Crippen molar-refractivity contribution in [3.05, 3.63) is 14.5 Å². The Balaban J connectivity index is 0. The van der Waals surface area contributed by atoms with E-state index >= 15 is 0 Å². The zero-order valence-electron chi connectivity index (χ0n) is 10.7. The van der Waals surface area contributed by atoms with E-state index in [1.165, 1.54) is 0 Å². The Kier molecular flexibility index (Phi) is 15.0. The first-order chi connectivity index (χ1) is 6.86. The van der Waals surface area contributed by atoms with E-state index in [1.54, 1.807) is 0 Å². The van der Waals surface area contributed by atoms with Crippen molar-refractivity contribution in [2.45, 2.75) is 6.92 Å². The van der Waals surface area contributed by atoms with Gasteiger partial charge < -0.3 is 17.5 Å². The molecule has 0 amide bonds. The molecule has 4 nitrogen and oxygen atoms in total. The molecule has 0 unspecified atom stereocenters. The van der Waals surface area contributed by atoms with Crippen LogP contribution in [0.1, 0.15) is 6.92 Å². The summed E-state index contributed by atoms with van der Waals surface area (Å²) in [6.45, 7) is 10.3. The Bertz CT molecular complexity index is 125. The smallest absolute Gasteiger partial charge is 0.0990 e. The minimum absolute atomic E-state index is 0. The number of piperazine rings is 1. The largest absolute Gasteiger partial charge is 0.472 e. The molecule has 1 radical (unpaired) electrons. The monoisotopic (exact) mass is 304 g/mol. The van der Waals surface area contributed by atoms with Crippen molar-refractivity contribution in [1.29, 1.82) is 0 Å². The maximum Gasteiger partial charge on any atom is 0.0990 e. The molecule has 5 heteroatoms. The molecule has 1 aliphatic heterocycles. The van der Waals surface area contributed by atoms with Crippen molar-refractivity contribution in [3.63, 3.8) is 0 Å². The average molecular weight is 304 g/mol. The van der Waals surface area contributed by atoms with E-state index < -0.39 is 0 Å². The molecule has 1 fully saturated rings. The molecule has 0 aliphatic carbocycles. The van der Waals surface area contributed by atoms with Crippen LogP contribution in [0.2, 0.25) is 0 Å². The number of hydrogen-bond donors (Lipinski definition) is 1. The molecule has 0 saturated carbocycles. The normalized spacial score (nSPS) is 17.6. The second-order valence-electron chi connectivity index (χ2n) is 3.58. The van der Waals surface area contributed by atoms with Gasteiger partial charge in [0.05, 0.1) is 6.73 Å². The van der Waals surface area contributed by atoms with Gasteiger partial charge in [-0.25, -0.2) is 0 Å². The SMILES string of the molecule is [CH2-]NCCN1CCN(COCC)CC1.[CH3-].[Y]. The van der Waals surface area contributed by atoms with Crippen LogP contribution in [0.5, 0.6) is 0 Å². The summed E-state index contributed by atoms with van der Waals surface area (Å²) in [6.07, 6.45) is 0. The van der Waals surface area contributed by atoms with E-state index in [4.69, 9.17) is 4.74 Å². The molecule has 1 N–H and O–H groups in total. The van der Waals surface area contributed by atoms with Crippen LogP contribution in [0.25, 0.3) is 0 Å². The van der Waals surface area contributed by atoms with E-state index in [0.29, 0.717) is 0 Å². The third kappa shape index (κ3) is 8.10. The number of nitrogens with zero attached hydrogens (tertiary/aromatic N) is 2. The van der Waals surface area contributed by atoms with Crippen LogP contribution in [-0.2, 0) is 37.4 Å². The standard InChI is InChI=1S/C10H22N3O.CH3.Y/c1-3-14-10-13-8-6-12(7-9-13)5-4-11-2;;/h11H,2-10H2,1H3;1H3;/q2*-1;. The second-order valence-corrected chi connectivity index (χ2v) is 3.58. The fraction of sp³-hybridized carbons (Fsp3) is 0.818. The summed E-state index contributed by atoms with van der Waals surface area (Å²) in [5.41, 5.74) is 0. The Morgan fingerprint density at radius 3 is 2.25 bits per heavy atom. The molecule has 0 spiro atoms. The summed E-state index contributed by atoms with van der Waals surface area (Å²) in [6, 6.07) is 0. The van der Waals surface area contributed by atoms with Crippen molar-refractivity contribution in [2.75, 3.05) is 52.6 Å². The molecule has 1 aliphatic rings. The molecule has 16 heavy (non-hydrogen) atoms. The quantitative estimate of drug-likeness (QED) is 0.720. The van der Waals surface area contributed by atoms with E-state index in [0.717, 1.165) is 52.6 Å². The molecule has 0 aromatic rings. The molecule has 1 heterocycles. The fourth-order valence-corrected chi connectivity index (χ4v) is 1.60. The van der Waals surface area contributed by atoms with Gasteiger partial charge in [0.25, 0.3) is 0 Å². The number of rotatable bonds is 6. The van der Waals surface area contributed by atoms with E-state index in [-0.39, 0.29) is 40.1 Å². The van der Waals surface area contributed by atoms with E-state index in [9.17, 15) is 0 Å². The Labute approximate surface area is 126 Å². The predicted octanol–water partition coefficient (Wildman–Crippen LogP) is 0.427. The van der Waals surface area contributed by atoms with Crippen LogP contribution in [0.4, 0.5) is 0 Å². The van der Waals surface area contributed by atoms with Crippen molar-refractivity contribution >= 4 is 0 Å². The fourth-order valence-electron chi connectivity index (χ4n) is 1.60. The van der Waals surface area contributed by atoms with Gasteiger partial charge in [0, 0.05) is 72.0 Å². The maximum absolute atomic E-state index is 5.37. The predicted molar refractivity (Wildman–Crippen MR) is 64.3 cm³/mol. The third-order valence-electron chi connectivity index (χ3n) is 2.55. The maximum atomic E-state index is 5.37. The van der Waals surface area contributed by atoms with Crippen molar-refractivity contribution in [3.8, 4) is 0 Å². The molecule has 1 rings (SSSR count). The minimum atomic E-state index is 0. The zero-order valence-corrected chi connectivity index (χ0v) is 13.6. The van der Waals surface area contributed by atoms with Crippen LogP contribution >= 0.6 is 0 Å². The van der Waals surface area contributed by atoms with Crippen LogP contribution in [0.15, 0.2) is 0 Å². The van der Waals surface area contributed by atoms with Gasteiger partial charge in [-0.05, 0) is 13.5 Å². The van der Waals surface area contributed by atoms with E-state index in [1.807, 2.05) is 6.92 Å². The zero-order chi connectivity index (χ0) is 10.2. The van der Waals surface area contributed by atoms with Gasteiger partial charge in [-0.2, -0.15) is 0 Å². The summed E-state index contributed by atoms with van der Waals surface area (Å²) < 4.78 is 5.37. The minimum Gasteiger partial charge on any atom is -0.472 e. The molecule has 0 atom stereocenters. The molecule has 0 aromatic carbocycles. The Morgan fingerprint density at radius 2 is 1.75 bits per heavy atom. The van der Waals surface area contributed by atoms with Gasteiger partial charge in [-0.1, -0.05) is 0 Å². The van der Waals surface area contributed by atoms with Crippen molar-refractivity contribution in [1.82, 2.24) is 15.1 Å². The molecular weight excluding hydrogens is 279 g/mol. The summed E-state index contributed by atoms with van der Waals surface area (Å²) in [7, 11) is 3.62. The summed E-state index contributed by atoms with van der Waals surface area (Å²) in [5.74, 6) is 0. The summed E-state index contributed by atoms with van der Waals surface area (Å²) in [4.78, 5) is 4.82. The second kappa shape index (κ2) is 12.4. The molecule has 1 saturated heterocycles. The number of hydrogen-bond acceptors (Lipinski definition) is 4. The van der Waals surface area contributed by atoms with Gasteiger partial charge in [-0.15, -0.1) is 0 Å². The van der Waals surface area contributed by atoms with Crippen molar-refractivity contribution < 1.29 is 37.4 Å². The molecule has 0 aromatic heterocycles. The Hall–Kier alpha value is 0.944. The molecule has 95 valence electrons. The average Bonchev–Trinajstić information content (AvgIpc) is 2.25. The van der Waals surface area contributed by atoms with Crippen LogP contribution in [0, 0.1) is 14.5 Å². The molecule has 0 bridgehead atoms. The van der Waals surface area contributed by atoms with Gasteiger partial charge in [0.1, 0.15) is 0 Å². The first kappa shape index (κ1) is 19.3. The van der Waals surface area contributed by atoms with E-state index in [2.05, 4.69) is 22.2 Å². The van der Waals surface area contributed by atoms with Gasteiger partial charge in [-0.3, -0.25) is 16.8 Å². The van der Waals surface area contributed by atoms with Gasteiger partial charge in [0.15, 0.2) is 0 Å². The topological polar surface area (TPSA) is 27.7 Å². The first-order valence-corrected chi connectivity index (χ1v) is 5.39. The Morgan fingerprint density at radius 1 is 1.19 bits per heavy atom. The van der Waals surface area contributed by atoms with Gasteiger partial charge >= 0.3 is 0 Å². The summed E-state index contributed by atoms with van der Waals surface area (Å²) >= 11 is 0. The van der Waals surface area contributed by atoms with Crippen LogP contribution in [-0.4, -0.2) is 62.4 Å². The van der Waals surface area contributed by atoms with Crippen LogP contribution < -0.4 is 5.32 Å². The molecular formula is C11H25N3OY-2. The van der Waals surface area contributed by atoms with Crippen LogP contribution in [0.3, 0.4) is 0 Å². The summed E-state index contributed by atoms with van der Waals surface area (Å²) in [5, 5.41) is 2.93. The first-order valence-electron chi connectivity index (χ1n) is 5.39. The van der Waals surface area contributed by atoms with Crippen molar-refractivity contribution in [2.24, 2.45) is 0 Å². The number of ether oxygens (including phenoxy) is 1. The third-order valence-corrected chi connectivity index (χ3v) is 2.55. The number of nitrogens with one attached hydrogen (secondary N) is 1. The van der Waals surface area contributed by atoms with Gasteiger partial charge in [0.2, 0.25) is 0 Å².